The number of hydrogen-bond acceptors (Lipinski definition) is 4. The van der Waals surface area contributed by atoms with Gasteiger partial charge < -0.3 is 10.6 Å². The van der Waals surface area contributed by atoms with E-state index in [9.17, 15) is 4.79 Å². The molecule has 100 valence electrons. The van der Waals surface area contributed by atoms with Gasteiger partial charge in [0, 0.05) is 19.6 Å². The van der Waals surface area contributed by atoms with Crippen molar-refractivity contribution in [1.29, 1.82) is 0 Å². The quantitative estimate of drug-likeness (QED) is 0.821. The van der Waals surface area contributed by atoms with Crippen molar-refractivity contribution in [2.75, 3.05) is 19.6 Å². The number of carbonyl (C=O) groups is 1. The molecule has 1 amide bonds. The maximum Gasteiger partial charge on any atom is 0.273 e. The van der Waals surface area contributed by atoms with Crippen LogP contribution in [0.5, 0.6) is 0 Å². The number of amides is 1. The van der Waals surface area contributed by atoms with Crippen LogP contribution >= 0.6 is 0 Å². The Labute approximate surface area is 107 Å². The highest BCUT2D eigenvalue weighted by atomic mass is 16.2. The summed E-state index contributed by atoms with van der Waals surface area (Å²) >= 11 is 0. The standard InChI is InChI=1S/C12H21N5O/c1-12(2,3)4-5-14-11(18)10-8-17(16-15-10)9-6-13-7-9/h8-9,13H,4-7H2,1-3H3,(H,14,18). The number of nitrogens with one attached hydrogen (secondary N) is 2. The monoisotopic (exact) mass is 251 g/mol. The third kappa shape index (κ3) is 3.29. The molecule has 1 fully saturated rings. The molecule has 6 nitrogen and oxygen atoms in total. The van der Waals surface area contributed by atoms with Crippen molar-refractivity contribution in [3.63, 3.8) is 0 Å². The van der Waals surface area contributed by atoms with Gasteiger partial charge in [0.1, 0.15) is 0 Å². The summed E-state index contributed by atoms with van der Waals surface area (Å²) < 4.78 is 1.76. The Morgan fingerprint density at radius 3 is 2.83 bits per heavy atom. The summed E-state index contributed by atoms with van der Waals surface area (Å²) in [5.41, 5.74) is 0.624. The Morgan fingerprint density at radius 1 is 1.56 bits per heavy atom. The van der Waals surface area contributed by atoms with Crippen LogP contribution in [0.3, 0.4) is 0 Å². The van der Waals surface area contributed by atoms with Crippen LogP contribution in [0.25, 0.3) is 0 Å². The Hall–Kier alpha value is -1.43. The molecule has 1 aliphatic heterocycles. The van der Waals surface area contributed by atoms with E-state index in [1.54, 1.807) is 10.9 Å². The van der Waals surface area contributed by atoms with Crippen molar-refractivity contribution in [1.82, 2.24) is 25.6 Å². The normalized spacial score (nSPS) is 16.4. The van der Waals surface area contributed by atoms with Crippen molar-refractivity contribution in [2.24, 2.45) is 5.41 Å². The first kappa shape index (κ1) is 13.0. The van der Waals surface area contributed by atoms with Crippen molar-refractivity contribution >= 4 is 5.91 Å². The summed E-state index contributed by atoms with van der Waals surface area (Å²) in [6, 6.07) is 0.341. The average molecular weight is 251 g/mol. The minimum absolute atomic E-state index is 0.141. The zero-order chi connectivity index (χ0) is 13.2. The molecule has 0 atom stereocenters. The van der Waals surface area contributed by atoms with Crippen molar-refractivity contribution in [2.45, 2.75) is 33.2 Å². The second-order valence-corrected chi connectivity index (χ2v) is 5.96. The fraction of sp³-hybridized carbons (Fsp3) is 0.750. The van der Waals surface area contributed by atoms with Crippen LogP contribution in [-0.4, -0.2) is 40.5 Å². The summed E-state index contributed by atoms with van der Waals surface area (Å²) in [6.45, 7) is 8.92. The fourth-order valence-corrected chi connectivity index (χ4v) is 1.66. The summed E-state index contributed by atoms with van der Waals surface area (Å²) in [6.07, 6.45) is 2.66. The van der Waals surface area contributed by atoms with Crippen LogP contribution in [0.15, 0.2) is 6.20 Å². The van der Waals surface area contributed by atoms with Gasteiger partial charge in [-0.15, -0.1) is 5.10 Å². The molecule has 2 heterocycles. The van der Waals surface area contributed by atoms with Gasteiger partial charge in [0.25, 0.3) is 5.91 Å². The third-order valence-electron chi connectivity index (χ3n) is 3.04. The van der Waals surface area contributed by atoms with E-state index in [-0.39, 0.29) is 11.3 Å². The van der Waals surface area contributed by atoms with E-state index in [1.165, 1.54) is 0 Å². The minimum Gasteiger partial charge on any atom is -0.351 e. The summed E-state index contributed by atoms with van der Waals surface area (Å²) in [5.74, 6) is -0.141. The highest BCUT2D eigenvalue weighted by molar-refractivity contribution is 5.91. The highest BCUT2D eigenvalue weighted by Crippen LogP contribution is 2.17. The van der Waals surface area contributed by atoms with Crippen molar-refractivity contribution in [3.8, 4) is 0 Å². The van der Waals surface area contributed by atoms with Gasteiger partial charge in [0.2, 0.25) is 0 Å². The van der Waals surface area contributed by atoms with Gasteiger partial charge in [-0.3, -0.25) is 4.79 Å². The van der Waals surface area contributed by atoms with Gasteiger partial charge in [0.15, 0.2) is 5.69 Å². The maximum atomic E-state index is 11.8. The molecule has 1 aromatic heterocycles. The molecule has 0 radical (unpaired) electrons. The lowest BCUT2D eigenvalue weighted by Crippen LogP contribution is -2.43. The number of aromatic nitrogens is 3. The van der Waals surface area contributed by atoms with E-state index in [2.05, 4.69) is 41.7 Å². The SMILES string of the molecule is CC(C)(C)CCNC(=O)c1cn(C2CNC2)nn1. The van der Waals surface area contributed by atoms with Crippen LogP contribution < -0.4 is 10.6 Å². The van der Waals surface area contributed by atoms with Gasteiger partial charge in [-0.2, -0.15) is 0 Å². The van der Waals surface area contributed by atoms with Gasteiger partial charge in [-0.05, 0) is 11.8 Å². The van der Waals surface area contributed by atoms with E-state index < -0.39 is 0 Å². The lowest BCUT2D eigenvalue weighted by Gasteiger charge is -2.26. The fourth-order valence-electron chi connectivity index (χ4n) is 1.66. The van der Waals surface area contributed by atoms with Crippen LogP contribution in [-0.2, 0) is 0 Å². The molecular weight excluding hydrogens is 230 g/mol. The van der Waals surface area contributed by atoms with E-state index >= 15 is 0 Å². The molecule has 0 unspecified atom stereocenters. The molecular formula is C12H21N5O. The van der Waals surface area contributed by atoms with Gasteiger partial charge in [0.05, 0.1) is 12.2 Å². The molecule has 2 N–H and O–H groups in total. The Balaban J connectivity index is 1.83. The van der Waals surface area contributed by atoms with Crippen molar-refractivity contribution in [3.05, 3.63) is 11.9 Å². The maximum absolute atomic E-state index is 11.8. The number of nitrogens with zero attached hydrogens (tertiary/aromatic N) is 3. The topological polar surface area (TPSA) is 71.8 Å². The second kappa shape index (κ2) is 5.06. The molecule has 2 rings (SSSR count). The number of carbonyl (C=O) groups excluding carboxylic acids is 1. The van der Waals surface area contributed by atoms with Crippen LogP contribution in [0.2, 0.25) is 0 Å². The van der Waals surface area contributed by atoms with E-state index in [1.807, 2.05) is 0 Å². The molecule has 1 aliphatic rings. The van der Waals surface area contributed by atoms with E-state index in [0.29, 0.717) is 18.3 Å². The molecule has 6 heteroatoms. The second-order valence-electron chi connectivity index (χ2n) is 5.96. The number of rotatable bonds is 4. The largest absolute Gasteiger partial charge is 0.351 e. The lowest BCUT2D eigenvalue weighted by atomic mass is 9.92. The first-order valence-corrected chi connectivity index (χ1v) is 6.36. The van der Waals surface area contributed by atoms with Crippen LogP contribution in [0, 0.1) is 5.41 Å². The molecule has 0 saturated carbocycles. The molecule has 0 aromatic carbocycles. The predicted molar refractivity (Wildman–Crippen MR) is 68.3 cm³/mol. The van der Waals surface area contributed by atoms with Gasteiger partial charge >= 0.3 is 0 Å². The summed E-state index contributed by atoms with van der Waals surface area (Å²) in [4.78, 5) is 11.8. The molecule has 1 aromatic rings. The number of hydrogen-bond donors (Lipinski definition) is 2. The Bertz CT molecular complexity index is 416. The first-order valence-electron chi connectivity index (χ1n) is 6.36. The zero-order valence-electron chi connectivity index (χ0n) is 11.2. The zero-order valence-corrected chi connectivity index (χ0v) is 11.2. The Morgan fingerprint density at radius 2 is 2.28 bits per heavy atom. The van der Waals surface area contributed by atoms with E-state index in [0.717, 1.165) is 19.5 Å². The molecule has 0 aliphatic carbocycles. The van der Waals surface area contributed by atoms with Gasteiger partial charge in [-0.25, -0.2) is 4.68 Å². The predicted octanol–water partition coefficient (Wildman–Crippen LogP) is 0.588. The third-order valence-corrected chi connectivity index (χ3v) is 3.04. The summed E-state index contributed by atoms with van der Waals surface area (Å²) in [7, 11) is 0. The minimum atomic E-state index is -0.141. The van der Waals surface area contributed by atoms with Crippen LogP contribution in [0.4, 0.5) is 0 Å². The van der Waals surface area contributed by atoms with E-state index in [4.69, 9.17) is 0 Å². The first-order chi connectivity index (χ1) is 8.46. The molecule has 1 saturated heterocycles. The average Bonchev–Trinajstić information content (AvgIpc) is 2.62. The molecule has 18 heavy (non-hydrogen) atoms. The highest BCUT2D eigenvalue weighted by Gasteiger charge is 2.21. The summed E-state index contributed by atoms with van der Waals surface area (Å²) in [5, 5.41) is 13.9. The smallest absolute Gasteiger partial charge is 0.273 e. The lowest BCUT2D eigenvalue weighted by molar-refractivity contribution is 0.0944. The molecule has 0 bridgehead atoms. The van der Waals surface area contributed by atoms with Gasteiger partial charge in [-0.1, -0.05) is 26.0 Å². The Kier molecular flexibility index (Phi) is 3.65. The van der Waals surface area contributed by atoms with Crippen LogP contribution in [0.1, 0.15) is 43.7 Å². The molecule has 0 spiro atoms. The van der Waals surface area contributed by atoms with Crippen molar-refractivity contribution < 1.29 is 4.79 Å².